The van der Waals surface area contributed by atoms with Gasteiger partial charge in [0.1, 0.15) is 5.60 Å². The number of amides is 1. The monoisotopic (exact) mass is 227 g/mol. The standard InChI is InChI=1S/C12H21NO3/c1-12(2,3)16-11(15)10(14)13-8-6-4-5-7-9-13/h4-9H2,1-3H3. The number of nitrogens with zero attached hydrogens (tertiary/aromatic N) is 1. The molecule has 0 N–H and O–H groups in total. The minimum atomic E-state index is -0.727. The Bertz CT molecular complexity index is 260. The molecule has 92 valence electrons. The number of carbonyl (C=O) groups is 2. The van der Waals surface area contributed by atoms with Crippen molar-refractivity contribution in [3.63, 3.8) is 0 Å². The van der Waals surface area contributed by atoms with Crippen LogP contribution in [0.3, 0.4) is 0 Å². The average molecular weight is 227 g/mol. The van der Waals surface area contributed by atoms with Gasteiger partial charge in [0, 0.05) is 13.1 Å². The summed E-state index contributed by atoms with van der Waals surface area (Å²) in [6, 6.07) is 0. The van der Waals surface area contributed by atoms with Crippen molar-refractivity contribution in [2.45, 2.75) is 52.1 Å². The van der Waals surface area contributed by atoms with Gasteiger partial charge in [-0.05, 0) is 33.6 Å². The van der Waals surface area contributed by atoms with Crippen LogP contribution >= 0.6 is 0 Å². The van der Waals surface area contributed by atoms with Crippen LogP contribution in [0.2, 0.25) is 0 Å². The molecule has 0 aromatic rings. The van der Waals surface area contributed by atoms with Crippen molar-refractivity contribution < 1.29 is 14.3 Å². The number of ether oxygens (including phenoxy) is 1. The van der Waals surface area contributed by atoms with Crippen LogP contribution in [0, 0.1) is 0 Å². The molecule has 4 heteroatoms. The Morgan fingerprint density at radius 3 is 1.94 bits per heavy atom. The van der Waals surface area contributed by atoms with Crippen LogP contribution in [0.5, 0.6) is 0 Å². The number of hydrogen-bond donors (Lipinski definition) is 0. The van der Waals surface area contributed by atoms with Crippen LogP contribution in [0.1, 0.15) is 46.5 Å². The zero-order valence-electron chi connectivity index (χ0n) is 10.4. The van der Waals surface area contributed by atoms with Crippen molar-refractivity contribution in [1.82, 2.24) is 4.90 Å². The molecule has 0 aromatic carbocycles. The minimum absolute atomic E-state index is 0.489. The molecule has 4 nitrogen and oxygen atoms in total. The van der Waals surface area contributed by atoms with E-state index < -0.39 is 17.5 Å². The summed E-state index contributed by atoms with van der Waals surface area (Å²) in [6.45, 7) is 6.65. The van der Waals surface area contributed by atoms with Gasteiger partial charge in [-0.15, -0.1) is 0 Å². The Balaban J connectivity index is 2.52. The molecule has 1 heterocycles. The van der Waals surface area contributed by atoms with Crippen molar-refractivity contribution in [3.05, 3.63) is 0 Å². The molecular weight excluding hydrogens is 206 g/mol. The fourth-order valence-electron chi connectivity index (χ4n) is 1.72. The molecule has 1 aliphatic heterocycles. The molecule has 0 radical (unpaired) electrons. The average Bonchev–Trinajstić information content (AvgIpc) is 2.41. The maximum absolute atomic E-state index is 11.8. The van der Waals surface area contributed by atoms with Crippen LogP contribution in [0.15, 0.2) is 0 Å². The van der Waals surface area contributed by atoms with Crippen LogP contribution in [0.25, 0.3) is 0 Å². The second-order valence-corrected chi connectivity index (χ2v) is 5.21. The topological polar surface area (TPSA) is 46.6 Å². The van der Waals surface area contributed by atoms with Crippen LogP contribution in [-0.4, -0.2) is 35.5 Å². The summed E-state index contributed by atoms with van der Waals surface area (Å²) in [5.74, 6) is -1.22. The molecule has 0 aromatic heterocycles. The number of carbonyl (C=O) groups excluding carboxylic acids is 2. The molecule has 0 bridgehead atoms. The second-order valence-electron chi connectivity index (χ2n) is 5.21. The molecule has 0 saturated carbocycles. The van der Waals surface area contributed by atoms with Gasteiger partial charge >= 0.3 is 11.9 Å². The van der Waals surface area contributed by atoms with E-state index in [2.05, 4.69) is 0 Å². The fourth-order valence-corrected chi connectivity index (χ4v) is 1.72. The first-order chi connectivity index (χ1) is 7.40. The molecule has 0 aliphatic carbocycles. The Hall–Kier alpha value is -1.06. The third kappa shape index (κ3) is 4.21. The summed E-state index contributed by atoms with van der Waals surface area (Å²) in [6.07, 6.45) is 4.24. The molecule has 0 atom stereocenters. The van der Waals surface area contributed by atoms with Gasteiger partial charge in [-0.1, -0.05) is 12.8 Å². The Kier molecular flexibility index (Phi) is 4.33. The molecule has 1 saturated heterocycles. The third-order valence-corrected chi connectivity index (χ3v) is 2.47. The molecule has 16 heavy (non-hydrogen) atoms. The van der Waals surface area contributed by atoms with Crippen LogP contribution < -0.4 is 0 Å². The summed E-state index contributed by atoms with van der Waals surface area (Å²) >= 11 is 0. The van der Waals surface area contributed by atoms with E-state index in [0.717, 1.165) is 25.7 Å². The maximum atomic E-state index is 11.8. The van der Waals surface area contributed by atoms with E-state index >= 15 is 0 Å². The highest BCUT2D eigenvalue weighted by atomic mass is 16.6. The van der Waals surface area contributed by atoms with E-state index in [9.17, 15) is 9.59 Å². The molecule has 1 aliphatic rings. The smallest absolute Gasteiger partial charge is 0.397 e. The molecule has 1 fully saturated rings. The summed E-state index contributed by atoms with van der Waals surface area (Å²) in [5.41, 5.74) is -0.599. The van der Waals surface area contributed by atoms with Gasteiger partial charge in [-0.2, -0.15) is 0 Å². The second kappa shape index (κ2) is 5.32. The van der Waals surface area contributed by atoms with Gasteiger partial charge in [0.05, 0.1) is 0 Å². The van der Waals surface area contributed by atoms with Crippen molar-refractivity contribution in [2.24, 2.45) is 0 Å². The molecule has 0 spiro atoms. The normalized spacial score (nSPS) is 17.8. The summed E-state index contributed by atoms with van der Waals surface area (Å²) in [5, 5.41) is 0. The van der Waals surface area contributed by atoms with E-state index in [0.29, 0.717) is 13.1 Å². The van der Waals surface area contributed by atoms with Crippen molar-refractivity contribution in [3.8, 4) is 0 Å². The third-order valence-electron chi connectivity index (χ3n) is 2.47. The summed E-state index contributed by atoms with van der Waals surface area (Å²) in [4.78, 5) is 24.9. The molecular formula is C12H21NO3. The lowest BCUT2D eigenvalue weighted by Gasteiger charge is -2.23. The van der Waals surface area contributed by atoms with E-state index in [-0.39, 0.29) is 0 Å². The van der Waals surface area contributed by atoms with E-state index in [1.54, 1.807) is 25.7 Å². The number of likely N-dealkylation sites (tertiary alicyclic amines) is 1. The van der Waals surface area contributed by atoms with Gasteiger partial charge in [-0.3, -0.25) is 4.79 Å². The first kappa shape index (κ1) is 13.0. The lowest BCUT2D eigenvalue weighted by molar-refractivity contribution is -0.168. The predicted octanol–water partition coefficient (Wildman–Crippen LogP) is 1.73. The molecule has 1 rings (SSSR count). The Morgan fingerprint density at radius 2 is 1.50 bits per heavy atom. The Morgan fingerprint density at radius 1 is 1.00 bits per heavy atom. The predicted molar refractivity (Wildman–Crippen MR) is 60.9 cm³/mol. The maximum Gasteiger partial charge on any atom is 0.397 e. The Labute approximate surface area is 96.9 Å². The minimum Gasteiger partial charge on any atom is -0.453 e. The lowest BCUT2D eigenvalue weighted by atomic mass is 10.2. The molecule has 1 amide bonds. The highest BCUT2D eigenvalue weighted by Crippen LogP contribution is 2.12. The van der Waals surface area contributed by atoms with Crippen LogP contribution in [0.4, 0.5) is 0 Å². The lowest BCUT2D eigenvalue weighted by Crippen LogP contribution is -2.40. The first-order valence-corrected chi connectivity index (χ1v) is 5.92. The number of esters is 1. The first-order valence-electron chi connectivity index (χ1n) is 5.92. The van der Waals surface area contributed by atoms with Gasteiger partial charge in [0.25, 0.3) is 0 Å². The highest BCUT2D eigenvalue weighted by molar-refractivity contribution is 6.32. The van der Waals surface area contributed by atoms with Crippen molar-refractivity contribution in [2.75, 3.05) is 13.1 Å². The zero-order valence-corrected chi connectivity index (χ0v) is 10.4. The van der Waals surface area contributed by atoms with Gasteiger partial charge in [0.15, 0.2) is 0 Å². The SMILES string of the molecule is CC(C)(C)OC(=O)C(=O)N1CCCCCC1. The van der Waals surface area contributed by atoms with E-state index in [4.69, 9.17) is 4.74 Å². The number of hydrogen-bond acceptors (Lipinski definition) is 3. The van der Waals surface area contributed by atoms with Crippen molar-refractivity contribution in [1.29, 1.82) is 0 Å². The highest BCUT2D eigenvalue weighted by Gasteiger charge is 2.27. The van der Waals surface area contributed by atoms with E-state index in [1.165, 1.54) is 0 Å². The van der Waals surface area contributed by atoms with E-state index in [1.807, 2.05) is 0 Å². The van der Waals surface area contributed by atoms with Gasteiger partial charge in [-0.25, -0.2) is 4.79 Å². The van der Waals surface area contributed by atoms with Crippen LogP contribution in [-0.2, 0) is 14.3 Å². The van der Waals surface area contributed by atoms with Gasteiger partial charge in [0.2, 0.25) is 0 Å². The largest absolute Gasteiger partial charge is 0.453 e. The summed E-state index contributed by atoms with van der Waals surface area (Å²) < 4.78 is 5.06. The van der Waals surface area contributed by atoms with Crippen molar-refractivity contribution >= 4 is 11.9 Å². The zero-order chi connectivity index (χ0) is 12.2. The summed E-state index contributed by atoms with van der Waals surface area (Å²) in [7, 11) is 0. The molecule has 0 unspecified atom stereocenters. The van der Waals surface area contributed by atoms with Gasteiger partial charge < -0.3 is 9.64 Å². The quantitative estimate of drug-likeness (QED) is 0.467. The number of rotatable bonds is 0. The fraction of sp³-hybridized carbons (Fsp3) is 0.833.